The molecule has 0 atom stereocenters. The Hall–Kier alpha value is -1.16. The van der Waals surface area contributed by atoms with Crippen LogP contribution in [0.25, 0.3) is 0 Å². The fourth-order valence-corrected chi connectivity index (χ4v) is 2.92. The Kier molecular flexibility index (Phi) is 4.40. The van der Waals surface area contributed by atoms with Gasteiger partial charge in [0.2, 0.25) is 0 Å². The first-order chi connectivity index (χ1) is 9.16. The van der Waals surface area contributed by atoms with Gasteiger partial charge in [-0.25, -0.2) is 9.97 Å². The average Bonchev–Trinajstić information content (AvgIpc) is 2.91. The molecule has 1 saturated carbocycles. The van der Waals surface area contributed by atoms with E-state index in [1.165, 1.54) is 12.8 Å². The quantitative estimate of drug-likeness (QED) is 0.886. The molecule has 2 rings (SSSR count). The first kappa shape index (κ1) is 14.3. The summed E-state index contributed by atoms with van der Waals surface area (Å²) in [6, 6.07) is 0. The lowest BCUT2D eigenvalue weighted by Crippen LogP contribution is -2.28. The maximum atomic E-state index is 5.80. The van der Waals surface area contributed by atoms with Crippen LogP contribution in [0.4, 0.5) is 5.82 Å². The third-order valence-electron chi connectivity index (χ3n) is 4.14. The van der Waals surface area contributed by atoms with Gasteiger partial charge in [0, 0.05) is 24.9 Å². The second-order valence-electron chi connectivity index (χ2n) is 5.26. The second kappa shape index (κ2) is 5.87. The van der Waals surface area contributed by atoms with Gasteiger partial charge in [-0.3, -0.25) is 0 Å². The lowest BCUT2D eigenvalue weighted by molar-refractivity contribution is -0.0163. The number of methoxy groups -OCH3 is 1. The molecule has 0 unspecified atom stereocenters. The molecule has 0 aliphatic heterocycles. The third-order valence-corrected chi connectivity index (χ3v) is 4.14. The Labute approximate surface area is 116 Å². The molecule has 4 nitrogen and oxygen atoms in total. The summed E-state index contributed by atoms with van der Waals surface area (Å²) in [5, 5.41) is 3.35. The van der Waals surface area contributed by atoms with Crippen molar-refractivity contribution in [3.63, 3.8) is 0 Å². The number of hydrogen-bond acceptors (Lipinski definition) is 4. The molecule has 1 aliphatic carbocycles. The van der Waals surface area contributed by atoms with E-state index in [1.807, 2.05) is 0 Å². The Bertz CT molecular complexity index is 439. The molecule has 1 heterocycles. The molecule has 0 radical (unpaired) electrons. The van der Waals surface area contributed by atoms with Crippen LogP contribution in [-0.2, 0) is 16.8 Å². The summed E-state index contributed by atoms with van der Waals surface area (Å²) in [5.74, 6) is 1.83. The maximum Gasteiger partial charge on any atom is 0.162 e. The molecule has 1 fully saturated rings. The predicted molar refractivity (Wildman–Crippen MR) is 77.5 cm³/mol. The van der Waals surface area contributed by atoms with Crippen molar-refractivity contribution < 1.29 is 4.74 Å². The van der Waals surface area contributed by atoms with Crippen molar-refractivity contribution in [2.45, 2.75) is 58.5 Å². The van der Waals surface area contributed by atoms with Crippen LogP contribution in [-0.4, -0.2) is 23.6 Å². The van der Waals surface area contributed by atoms with Gasteiger partial charge in [0.15, 0.2) is 5.82 Å². The number of anilines is 1. The molecule has 0 aromatic carbocycles. The van der Waals surface area contributed by atoms with E-state index in [0.29, 0.717) is 0 Å². The smallest absolute Gasteiger partial charge is 0.162 e. The number of hydrogen-bond donors (Lipinski definition) is 1. The Morgan fingerprint density at radius 1 is 1.21 bits per heavy atom. The molecule has 1 aromatic rings. The fraction of sp³-hybridized carbons (Fsp3) is 0.733. The topological polar surface area (TPSA) is 47.0 Å². The number of aryl methyl sites for hydroxylation is 1. The minimum Gasteiger partial charge on any atom is -0.370 e. The molecule has 1 aromatic heterocycles. The first-order valence-electron chi connectivity index (χ1n) is 7.34. The van der Waals surface area contributed by atoms with E-state index in [4.69, 9.17) is 14.7 Å². The highest BCUT2D eigenvalue weighted by molar-refractivity contribution is 5.46. The summed E-state index contributed by atoms with van der Waals surface area (Å²) in [6.45, 7) is 7.20. The van der Waals surface area contributed by atoms with Gasteiger partial charge in [-0.05, 0) is 46.0 Å². The number of rotatable bonds is 5. The van der Waals surface area contributed by atoms with Gasteiger partial charge in [-0.2, -0.15) is 0 Å². The normalized spacial score (nSPS) is 17.7. The van der Waals surface area contributed by atoms with Crippen molar-refractivity contribution >= 4 is 5.82 Å². The molecule has 4 heteroatoms. The van der Waals surface area contributed by atoms with Crippen LogP contribution in [0.5, 0.6) is 0 Å². The predicted octanol–water partition coefficient (Wildman–Crippen LogP) is 3.19. The van der Waals surface area contributed by atoms with Gasteiger partial charge in [0.25, 0.3) is 0 Å². The number of nitrogens with one attached hydrogen (secondary N) is 1. The van der Waals surface area contributed by atoms with Gasteiger partial charge >= 0.3 is 0 Å². The summed E-state index contributed by atoms with van der Waals surface area (Å²) in [4.78, 5) is 9.53. The summed E-state index contributed by atoms with van der Waals surface area (Å²) in [7, 11) is 1.78. The Morgan fingerprint density at radius 3 is 2.42 bits per heavy atom. The van der Waals surface area contributed by atoms with Gasteiger partial charge in [-0.1, -0.05) is 6.92 Å². The lowest BCUT2D eigenvalue weighted by Gasteiger charge is -2.27. The minimum atomic E-state index is -0.262. The van der Waals surface area contributed by atoms with E-state index in [9.17, 15) is 0 Å². The van der Waals surface area contributed by atoms with Crippen molar-refractivity contribution in [2.24, 2.45) is 0 Å². The molecule has 1 aliphatic rings. The van der Waals surface area contributed by atoms with E-state index < -0.39 is 0 Å². The van der Waals surface area contributed by atoms with Gasteiger partial charge in [-0.15, -0.1) is 0 Å². The van der Waals surface area contributed by atoms with Crippen molar-refractivity contribution in [3.8, 4) is 0 Å². The Balaban J connectivity index is 2.47. The van der Waals surface area contributed by atoms with Crippen LogP contribution in [0.2, 0.25) is 0 Å². The first-order valence-corrected chi connectivity index (χ1v) is 7.34. The summed E-state index contributed by atoms with van der Waals surface area (Å²) in [5.41, 5.74) is 2.03. The van der Waals surface area contributed by atoms with Crippen LogP contribution in [0.15, 0.2) is 0 Å². The van der Waals surface area contributed by atoms with E-state index in [0.717, 1.165) is 48.7 Å². The maximum absolute atomic E-state index is 5.80. The SMILES string of the molecule is CCNc1nc(C2(OC)CCCC2)nc(CC)c1C. The van der Waals surface area contributed by atoms with Gasteiger partial charge < -0.3 is 10.1 Å². The second-order valence-corrected chi connectivity index (χ2v) is 5.26. The van der Waals surface area contributed by atoms with E-state index in [2.05, 4.69) is 26.1 Å². The highest BCUT2D eigenvalue weighted by atomic mass is 16.5. The monoisotopic (exact) mass is 263 g/mol. The molecule has 0 saturated heterocycles. The summed E-state index contributed by atoms with van der Waals surface area (Å²) in [6.07, 6.45) is 5.38. The zero-order valence-electron chi connectivity index (χ0n) is 12.5. The number of ether oxygens (including phenoxy) is 1. The molecular formula is C15H25N3O. The van der Waals surface area contributed by atoms with Crippen molar-refractivity contribution in [2.75, 3.05) is 19.0 Å². The zero-order valence-corrected chi connectivity index (χ0v) is 12.5. The lowest BCUT2D eigenvalue weighted by atomic mass is 10.00. The Morgan fingerprint density at radius 2 is 1.89 bits per heavy atom. The van der Waals surface area contributed by atoms with Crippen LogP contribution in [0.1, 0.15) is 56.6 Å². The van der Waals surface area contributed by atoms with Crippen LogP contribution in [0, 0.1) is 6.92 Å². The van der Waals surface area contributed by atoms with Crippen molar-refractivity contribution in [3.05, 3.63) is 17.1 Å². The third kappa shape index (κ3) is 2.59. The van der Waals surface area contributed by atoms with Crippen LogP contribution < -0.4 is 5.32 Å². The molecule has 106 valence electrons. The molecule has 0 bridgehead atoms. The van der Waals surface area contributed by atoms with Gasteiger partial charge in [0.1, 0.15) is 11.4 Å². The zero-order chi connectivity index (χ0) is 13.9. The van der Waals surface area contributed by atoms with E-state index in [1.54, 1.807) is 7.11 Å². The molecule has 0 amide bonds. The highest BCUT2D eigenvalue weighted by Gasteiger charge is 2.39. The van der Waals surface area contributed by atoms with Crippen molar-refractivity contribution in [1.82, 2.24) is 9.97 Å². The van der Waals surface area contributed by atoms with E-state index >= 15 is 0 Å². The summed E-state index contributed by atoms with van der Waals surface area (Å²) < 4.78 is 5.80. The van der Waals surface area contributed by atoms with E-state index in [-0.39, 0.29) is 5.60 Å². The van der Waals surface area contributed by atoms with Crippen LogP contribution in [0.3, 0.4) is 0 Å². The van der Waals surface area contributed by atoms with Crippen LogP contribution >= 0.6 is 0 Å². The van der Waals surface area contributed by atoms with Gasteiger partial charge in [0.05, 0.1) is 0 Å². The fourth-order valence-electron chi connectivity index (χ4n) is 2.92. The summed E-state index contributed by atoms with van der Waals surface area (Å²) >= 11 is 0. The molecule has 19 heavy (non-hydrogen) atoms. The molecular weight excluding hydrogens is 238 g/mol. The minimum absolute atomic E-state index is 0.262. The standard InChI is InChI=1S/C15H25N3O/c1-5-12-11(3)13(16-6-2)18-14(17-12)15(19-4)9-7-8-10-15/h5-10H2,1-4H3,(H,16,17,18). The highest BCUT2D eigenvalue weighted by Crippen LogP contribution is 2.40. The largest absolute Gasteiger partial charge is 0.370 e. The average molecular weight is 263 g/mol. The number of nitrogens with zero attached hydrogens (tertiary/aromatic N) is 2. The molecule has 1 N–H and O–H groups in total. The van der Waals surface area contributed by atoms with Crippen molar-refractivity contribution in [1.29, 1.82) is 0 Å². The molecule has 0 spiro atoms. The number of aromatic nitrogens is 2.